The normalized spacial score (nSPS) is 10.3. The number of aryl methyl sites for hydroxylation is 1. The molecule has 0 bridgehead atoms. The number of rotatable bonds is 4. The van der Waals surface area contributed by atoms with Crippen LogP contribution < -0.4 is 4.74 Å². The molecule has 0 aliphatic heterocycles. The highest BCUT2D eigenvalue weighted by molar-refractivity contribution is 14.1. The van der Waals surface area contributed by atoms with Gasteiger partial charge in [0.25, 0.3) is 0 Å². The van der Waals surface area contributed by atoms with E-state index in [0.717, 1.165) is 3.57 Å². The van der Waals surface area contributed by atoms with Crippen LogP contribution in [-0.4, -0.2) is 12.4 Å². The lowest BCUT2D eigenvalue weighted by atomic mass is 10.1. The second-order valence-electron chi connectivity index (χ2n) is 4.11. The molecular weight excluding hydrogens is 358 g/mol. The van der Waals surface area contributed by atoms with Gasteiger partial charge in [0.1, 0.15) is 0 Å². The van der Waals surface area contributed by atoms with Gasteiger partial charge in [0.2, 0.25) is 0 Å². The first kappa shape index (κ1) is 14.0. The Morgan fingerprint density at radius 2 is 1.89 bits per heavy atom. The number of ketones is 1. The van der Waals surface area contributed by atoms with Crippen molar-refractivity contribution in [2.45, 2.75) is 6.92 Å². The summed E-state index contributed by atoms with van der Waals surface area (Å²) in [5.41, 5.74) is 1.06. The zero-order valence-electron chi connectivity index (χ0n) is 10.3. The van der Waals surface area contributed by atoms with E-state index in [1.807, 2.05) is 12.1 Å². The molecule has 2 aromatic carbocycles. The third kappa shape index (κ3) is 3.53. The molecule has 0 heterocycles. The fourth-order valence-electron chi connectivity index (χ4n) is 1.59. The van der Waals surface area contributed by atoms with E-state index < -0.39 is 5.82 Å². The monoisotopic (exact) mass is 370 g/mol. The van der Waals surface area contributed by atoms with Gasteiger partial charge in [-0.3, -0.25) is 4.79 Å². The summed E-state index contributed by atoms with van der Waals surface area (Å²) in [4.78, 5) is 11.9. The molecule has 2 aromatic rings. The van der Waals surface area contributed by atoms with Gasteiger partial charge in [-0.2, -0.15) is 0 Å². The van der Waals surface area contributed by atoms with Crippen molar-refractivity contribution in [1.29, 1.82) is 0 Å². The Kier molecular flexibility index (Phi) is 4.52. The molecule has 0 saturated carbocycles. The summed E-state index contributed by atoms with van der Waals surface area (Å²) in [6.07, 6.45) is 0. The third-order valence-electron chi connectivity index (χ3n) is 2.68. The highest BCUT2D eigenvalue weighted by atomic mass is 127. The quantitative estimate of drug-likeness (QED) is 0.601. The van der Waals surface area contributed by atoms with Gasteiger partial charge in [0.05, 0.1) is 0 Å². The van der Waals surface area contributed by atoms with Crippen LogP contribution in [0.2, 0.25) is 0 Å². The lowest BCUT2D eigenvalue weighted by molar-refractivity contribution is 0.0918. The van der Waals surface area contributed by atoms with Crippen molar-refractivity contribution >= 4 is 28.4 Å². The van der Waals surface area contributed by atoms with Gasteiger partial charge >= 0.3 is 0 Å². The van der Waals surface area contributed by atoms with Crippen molar-refractivity contribution < 1.29 is 13.9 Å². The van der Waals surface area contributed by atoms with E-state index >= 15 is 0 Å². The molecule has 0 saturated heterocycles. The van der Waals surface area contributed by atoms with Crippen molar-refractivity contribution in [1.82, 2.24) is 0 Å². The van der Waals surface area contributed by atoms with Gasteiger partial charge in [0.15, 0.2) is 24.0 Å². The first-order valence-electron chi connectivity index (χ1n) is 5.74. The van der Waals surface area contributed by atoms with E-state index in [0.29, 0.717) is 11.1 Å². The number of carbonyl (C=O) groups is 1. The summed E-state index contributed by atoms with van der Waals surface area (Å²) >= 11 is 2.17. The fraction of sp³-hybridized carbons (Fsp3) is 0.133. The Morgan fingerprint density at radius 1 is 1.21 bits per heavy atom. The molecular formula is C15H12FIO2. The smallest absolute Gasteiger partial charge is 0.200 e. The van der Waals surface area contributed by atoms with Crippen LogP contribution in [0.3, 0.4) is 0 Å². The second-order valence-corrected chi connectivity index (χ2v) is 5.35. The molecule has 0 atom stereocenters. The van der Waals surface area contributed by atoms with E-state index in [1.54, 1.807) is 31.2 Å². The zero-order valence-corrected chi connectivity index (χ0v) is 12.5. The van der Waals surface area contributed by atoms with Crippen molar-refractivity contribution in [2.75, 3.05) is 6.61 Å². The van der Waals surface area contributed by atoms with Crippen molar-refractivity contribution in [3.05, 3.63) is 63.0 Å². The van der Waals surface area contributed by atoms with Gasteiger partial charge in [-0.1, -0.05) is 24.3 Å². The number of carbonyl (C=O) groups excluding carboxylic acids is 1. The molecule has 0 aromatic heterocycles. The Bertz CT molecular complexity index is 594. The molecule has 2 rings (SSSR count). The van der Waals surface area contributed by atoms with Gasteiger partial charge in [-0.15, -0.1) is 0 Å². The number of halogens is 2. The predicted octanol–water partition coefficient (Wildman–Crippen LogP) is 4.00. The highest BCUT2D eigenvalue weighted by Gasteiger charge is 2.10. The van der Waals surface area contributed by atoms with Crippen LogP contribution in [0.1, 0.15) is 15.9 Å². The first-order chi connectivity index (χ1) is 9.08. The van der Waals surface area contributed by atoms with Gasteiger partial charge in [-0.25, -0.2) is 4.39 Å². The third-order valence-corrected chi connectivity index (χ3v) is 3.40. The average molecular weight is 370 g/mol. The lowest BCUT2D eigenvalue weighted by Gasteiger charge is -2.08. The summed E-state index contributed by atoms with van der Waals surface area (Å²) in [6.45, 7) is 1.49. The Labute approximate surface area is 124 Å². The summed E-state index contributed by atoms with van der Waals surface area (Å²) < 4.78 is 20.0. The standard InChI is InChI=1S/C15H12FIO2/c1-10-3-2-4-14(15(10)16)19-9-13(18)11-5-7-12(17)8-6-11/h2-8H,9H2,1H3. The molecule has 19 heavy (non-hydrogen) atoms. The number of hydrogen-bond acceptors (Lipinski definition) is 2. The van der Waals surface area contributed by atoms with E-state index in [1.165, 1.54) is 6.07 Å². The van der Waals surface area contributed by atoms with Crippen LogP contribution >= 0.6 is 22.6 Å². The highest BCUT2D eigenvalue weighted by Crippen LogP contribution is 2.19. The maximum Gasteiger partial charge on any atom is 0.200 e. The summed E-state index contributed by atoms with van der Waals surface area (Å²) in [5, 5.41) is 0. The van der Waals surface area contributed by atoms with Crippen LogP contribution in [-0.2, 0) is 0 Å². The minimum Gasteiger partial charge on any atom is -0.482 e. The molecule has 0 aliphatic carbocycles. The van der Waals surface area contributed by atoms with Crippen molar-refractivity contribution in [3.8, 4) is 5.75 Å². The molecule has 0 aliphatic rings. The van der Waals surface area contributed by atoms with Crippen LogP contribution in [0.4, 0.5) is 4.39 Å². The lowest BCUT2D eigenvalue weighted by Crippen LogP contribution is -2.12. The minimum atomic E-state index is -0.419. The van der Waals surface area contributed by atoms with Gasteiger partial charge < -0.3 is 4.74 Å². The molecule has 0 fully saturated rings. The van der Waals surface area contributed by atoms with E-state index in [9.17, 15) is 9.18 Å². The average Bonchev–Trinajstić information content (AvgIpc) is 2.41. The largest absolute Gasteiger partial charge is 0.482 e. The fourth-order valence-corrected chi connectivity index (χ4v) is 1.95. The maximum atomic E-state index is 13.7. The number of ether oxygens (including phenoxy) is 1. The molecule has 2 nitrogen and oxygen atoms in total. The maximum absolute atomic E-state index is 13.7. The molecule has 0 amide bonds. The van der Waals surface area contributed by atoms with E-state index in [4.69, 9.17) is 4.74 Å². The topological polar surface area (TPSA) is 26.3 Å². The van der Waals surface area contributed by atoms with Gasteiger partial charge in [-0.05, 0) is 53.3 Å². The van der Waals surface area contributed by atoms with Crippen LogP contribution in [0.15, 0.2) is 42.5 Å². The van der Waals surface area contributed by atoms with Crippen LogP contribution in [0.25, 0.3) is 0 Å². The Hall–Kier alpha value is -1.43. The van der Waals surface area contributed by atoms with Crippen molar-refractivity contribution in [3.63, 3.8) is 0 Å². The molecule has 98 valence electrons. The molecule has 4 heteroatoms. The number of hydrogen-bond donors (Lipinski definition) is 0. The zero-order chi connectivity index (χ0) is 13.8. The Balaban J connectivity index is 2.04. The van der Waals surface area contributed by atoms with Gasteiger partial charge in [0, 0.05) is 9.13 Å². The van der Waals surface area contributed by atoms with E-state index in [2.05, 4.69) is 22.6 Å². The first-order valence-corrected chi connectivity index (χ1v) is 6.82. The summed E-state index contributed by atoms with van der Waals surface area (Å²) in [5.74, 6) is -0.478. The Morgan fingerprint density at radius 3 is 2.58 bits per heavy atom. The molecule has 0 N–H and O–H groups in total. The summed E-state index contributed by atoms with van der Waals surface area (Å²) in [6, 6.07) is 12.0. The summed E-state index contributed by atoms with van der Waals surface area (Å²) in [7, 11) is 0. The molecule has 0 radical (unpaired) electrons. The number of benzene rings is 2. The van der Waals surface area contributed by atoms with Crippen LogP contribution in [0.5, 0.6) is 5.75 Å². The van der Waals surface area contributed by atoms with Crippen LogP contribution in [0, 0.1) is 16.3 Å². The second kappa shape index (κ2) is 6.14. The SMILES string of the molecule is Cc1cccc(OCC(=O)c2ccc(I)cc2)c1F. The molecule has 0 unspecified atom stereocenters. The molecule has 0 spiro atoms. The van der Waals surface area contributed by atoms with E-state index in [-0.39, 0.29) is 18.1 Å². The number of Topliss-reactive ketones (excluding diaryl/α,β-unsaturated/α-hetero) is 1. The minimum absolute atomic E-state index is 0.110. The predicted molar refractivity (Wildman–Crippen MR) is 80.1 cm³/mol. The van der Waals surface area contributed by atoms with Crippen molar-refractivity contribution in [2.24, 2.45) is 0 Å².